The van der Waals surface area contributed by atoms with E-state index in [1.165, 1.54) is 15.9 Å². The van der Waals surface area contributed by atoms with E-state index in [0.717, 1.165) is 6.54 Å². The van der Waals surface area contributed by atoms with Gasteiger partial charge in [0.15, 0.2) is 0 Å². The van der Waals surface area contributed by atoms with Gasteiger partial charge in [-0.1, -0.05) is 32.0 Å². The van der Waals surface area contributed by atoms with Gasteiger partial charge in [-0.05, 0) is 38.8 Å². The smallest absolute Gasteiger partial charge is 0.0735 e. The van der Waals surface area contributed by atoms with Crippen molar-refractivity contribution in [2.24, 2.45) is 5.92 Å². The van der Waals surface area contributed by atoms with Crippen molar-refractivity contribution in [3.8, 4) is 0 Å². The van der Waals surface area contributed by atoms with Crippen LogP contribution in [-0.4, -0.2) is 22.3 Å². The first-order chi connectivity index (χ1) is 9.35. The summed E-state index contributed by atoms with van der Waals surface area (Å²) in [4.78, 5) is 3.51. The number of thioether (sulfide) groups is 1. The third kappa shape index (κ3) is 4.29. The fourth-order valence-corrected chi connectivity index (χ4v) is 3.22. The number of aromatic nitrogens is 1. The number of benzene rings is 1. The standard InChI is InChI=1S/C17H26N2S/c1-12(2)15(11-18-17(3,4)5)20-16-10-13-8-6-7-9-14(13)19-16/h6-10,12,15,18-19H,11H2,1-5H3. The lowest BCUT2D eigenvalue weighted by Gasteiger charge is -2.26. The van der Waals surface area contributed by atoms with Crippen molar-refractivity contribution < 1.29 is 0 Å². The quantitative estimate of drug-likeness (QED) is 0.783. The Bertz CT molecular complexity index is 518. The van der Waals surface area contributed by atoms with Gasteiger partial charge in [0, 0.05) is 28.2 Å². The number of hydrogen-bond donors (Lipinski definition) is 2. The summed E-state index contributed by atoms with van der Waals surface area (Å²) in [5, 5.41) is 6.75. The minimum Gasteiger partial charge on any atom is -0.350 e. The van der Waals surface area contributed by atoms with Crippen LogP contribution in [0.4, 0.5) is 0 Å². The molecule has 0 aliphatic rings. The molecule has 1 unspecified atom stereocenters. The second-order valence-corrected chi connectivity index (χ2v) is 8.03. The Kier molecular flexibility index (Phi) is 4.82. The van der Waals surface area contributed by atoms with Crippen molar-refractivity contribution in [3.63, 3.8) is 0 Å². The van der Waals surface area contributed by atoms with E-state index in [0.29, 0.717) is 11.2 Å². The lowest BCUT2D eigenvalue weighted by molar-refractivity contribution is 0.408. The van der Waals surface area contributed by atoms with Crippen molar-refractivity contribution in [2.75, 3.05) is 6.54 Å². The molecule has 2 aromatic rings. The molecule has 0 bridgehead atoms. The molecule has 0 amide bonds. The van der Waals surface area contributed by atoms with Gasteiger partial charge in [-0.3, -0.25) is 0 Å². The van der Waals surface area contributed by atoms with Crippen LogP contribution < -0.4 is 5.32 Å². The minimum atomic E-state index is 0.175. The molecule has 0 radical (unpaired) electrons. The van der Waals surface area contributed by atoms with Crippen molar-refractivity contribution in [1.29, 1.82) is 0 Å². The molecule has 2 nitrogen and oxygen atoms in total. The van der Waals surface area contributed by atoms with Crippen molar-refractivity contribution in [1.82, 2.24) is 10.3 Å². The Morgan fingerprint density at radius 3 is 2.50 bits per heavy atom. The molecule has 0 fully saturated rings. The highest BCUT2D eigenvalue weighted by atomic mass is 32.2. The average molecular weight is 290 g/mol. The highest BCUT2D eigenvalue weighted by molar-refractivity contribution is 7.99. The lowest BCUT2D eigenvalue weighted by atomic mass is 10.1. The van der Waals surface area contributed by atoms with E-state index < -0.39 is 0 Å². The average Bonchev–Trinajstić information content (AvgIpc) is 2.75. The molecule has 20 heavy (non-hydrogen) atoms. The molecule has 1 atom stereocenters. The van der Waals surface area contributed by atoms with Gasteiger partial charge in [0.25, 0.3) is 0 Å². The predicted molar refractivity (Wildman–Crippen MR) is 90.5 cm³/mol. The van der Waals surface area contributed by atoms with Crippen molar-refractivity contribution >= 4 is 22.7 Å². The molecule has 0 spiro atoms. The molecule has 3 heteroatoms. The zero-order valence-electron chi connectivity index (χ0n) is 13.2. The monoisotopic (exact) mass is 290 g/mol. The maximum Gasteiger partial charge on any atom is 0.0735 e. The maximum absolute atomic E-state index is 3.62. The number of nitrogens with one attached hydrogen (secondary N) is 2. The Hall–Kier alpha value is -0.930. The van der Waals surface area contributed by atoms with Crippen LogP contribution in [0.3, 0.4) is 0 Å². The minimum absolute atomic E-state index is 0.175. The summed E-state index contributed by atoms with van der Waals surface area (Å²) in [7, 11) is 0. The molecule has 0 saturated heterocycles. The highest BCUT2D eigenvalue weighted by Crippen LogP contribution is 2.30. The molecular weight excluding hydrogens is 264 g/mol. The lowest BCUT2D eigenvalue weighted by Crippen LogP contribution is -2.41. The van der Waals surface area contributed by atoms with Crippen LogP contribution >= 0.6 is 11.8 Å². The zero-order valence-corrected chi connectivity index (χ0v) is 14.0. The molecule has 1 heterocycles. The number of H-pyrrole nitrogens is 1. The van der Waals surface area contributed by atoms with Crippen LogP contribution in [0, 0.1) is 5.92 Å². The number of para-hydroxylation sites is 1. The number of fused-ring (bicyclic) bond motifs is 1. The Morgan fingerprint density at radius 2 is 1.90 bits per heavy atom. The van der Waals surface area contributed by atoms with E-state index in [-0.39, 0.29) is 5.54 Å². The second kappa shape index (κ2) is 6.23. The van der Waals surface area contributed by atoms with Crippen molar-refractivity contribution in [3.05, 3.63) is 30.3 Å². The van der Waals surface area contributed by atoms with Crippen LogP contribution in [0.2, 0.25) is 0 Å². The fraction of sp³-hybridized carbons (Fsp3) is 0.529. The number of hydrogen-bond acceptors (Lipinski definition) is 2. The zero-order chi connectivity index (χ0) is 14.8. The van der Waals surface area contributed by atoms with Crippen molar-refractivity contribution in [2.45, 2.75) is 50.4 Å². The number of rotatable bonds is 5. The Labute approximate surface area is 126 Å². The van der Waals surface area contributed by atoms with Gasteiger partial charge < -0.3 is 10.3 Å². The second-order valence-electron chi connectivity index (χ2n) is 6.75. The fourth-order valence-electron chi connectivity index (χ4n) is 2.09. The molecule has 0 aliphatic heterocycles. The first-order valence-electron chi connectivity index (χ1n) is 7.34. The predicted octanol–water partition coefficient (Wildman–Crippen LogP) is 4.67. The summed E-state index contributed by atoms with van der Waals surface area (Å²) in [5.41, 5.74) is 1.40. The Balaban J connectivity index is 2.07. The summed E-state index contributed by atoms with van der Waals surface area (Å²) in [6, 6.07) is 10.7. The van der Waals surface area contributed by atoms with E-state index >= 15 is 0 Å². The molecular formula is C17H26N2S. The molecule has 2 N–H and O–H groups in total. The third-order valence-electron chi connectivity index (χ3n) is 3.36. The molecule has 1 aromatic carbocycles. The SMILES string of the molecule is CC(C)C(CNC(C)(C)C)Sc1cc2ccccc2[nH]1. The van der Waals surface area contributed by atoms with E-state index in [1.807, 2.05) is 11.8 Å². The Morgan fingerprint density at radius 1 is 1.20 bits per heavy atom. The largest absolute Gasteiger partial charge is 0.350 e. The number of aromatic amines is 1. The summed E-state index contributed by atoms with van der Waals surface area (Å²) in [5.74, 6) is 0.640. The van der Waals surface area contributed by atoms with E-state index in [9.17, 15) is 0 Å². The third-order valence-corrected chi connectivity index (χ3v) is 4.85. The first-order valence-corrected chi connectivity index (χ1v) is 8.22. The highest BCUT2D eigenvalue weighted by Gasteiger charge is 2.19. The van der Waals surface area contributed by atoms with Crippen LogP contribution in [0.25, 0.3) is 10.9 Å². The van der Waals surface area contributed by atoms with Gasteiger partial charge in [0.1, 0.15) is 0 Å². The van der Waals surface area contributed by atoms with Crippen LogP contribution in [0.1, 0.15) is 34.6 Å². The first kappa shape index (κ1) is 15.5. The van der Waals surface area contributed by atoms with E-state index in [2.05, 4.69) is 75.3 Å². The molecule has 0 saturated carbocycles. The van der Waals surface area contributed by atoms with Crippen LogP contribution in [0.15, 0.2) is 35.4 Å². The maximum atomic E-state index is 3.62. The molecule has 1 aromatic heterocycles. The summed E-state index contributed by atoms with van der Waals surface area (Å²) in [6.07, 6.45) is 0. The molecule has 0 aliphatic carbocycles. The summed E-state index contributed by atoms with van der Waals surface area (Å²) < 4.78 is 0. The topological polar surface area (TPSA) is 27.8 Å². The van der Waals surface area contributed by atoms with E-state index in [4.69, 9.17) is 0 Å². The van der Waals surface area contributed by atoms with Gasteiger partial charge in [-0.2, -0.15) is 0 Å². The van der Waals surface area contributed by atoms with Gasteiger partial charge in [-0.15, -0.1) is 11.8 Å². The summed E-state index contributed by atoms with van der Waals surface area (Å²) >= 11 is 1.95. The van der Waals surface area contributed by atoms with Crippen LogP contribution in [0.5, 0.6) is 0 Å². The summed E-state index contributed by atoms with van der Waals surface area (Å²) in [6.45, 7) is 12.3. The normalized spacial score (nSPS) is 14.1. The van der Waals surface area contributed by atoms with Gasteiger partial charge in [0.2, 0.25) is 0 Å². The van der Waals surface area contributed by atoms with Gasteiger partial charge in [0.05, 0.1) is 5.03 Å². The van der Waals surface area contributed by atoms with Crippen LogP contribution in [-0.2, 0) is 0 Å². The molecule has 110 valence electrons. The van der Waals surface area contributed by atoms with Gasteiger partial charge in [-0.25, -0.2) is 0 Å². The van der Waals surface area contributed by atoms with E-state index in [1.54, 1.807) is 0 Å². The molecule has 2 rings (SSSR count). The van der Waals surface area contributed by atoms with Gasteiger partial charge >= 0.3 is 0 Å².